The molecule has 1 spiro atoms. The second-order valence-electron chi connectivity index (χ2n) is 15.0. The van der Waals surface area contributed by atoms with Gasteiger partial charge in [-0.15, -0.1) is 0 Å². The van der Waals surface area contributed by atoms with Gasteiger partial charge in [-0.2, -0.15) is 28.2 Å². The van der Waals surface area contributed by atoms with E-state index in [-0.39, 0.29) is 34.7 Å². The van der Waals surface area contributed by atoms with Gasteiger partial charge >= 0.3 is 12.2 Å². The number of rotatable bonds is 9. The minimum absolute atomic E-state index is 0.0657. The molecule has 14 heteroatoms. The van der Waals surface area contributed by atoms with Crippen LogP contribution >= 0.6 is 0 Å². The van der Waals surface area contributed by atoms with Crippen LogP contribution in [0.3, 0.4) is 0 Å². The highest BCUT2D eigenvalue weighted by molar-refractivity contribution is 6.06. The molecule has 0 unspecified atom stereocenters. The molecule has 276 valence electrons. The molecule has 2 aromatic heterocycles. The minimum Gasteiger partial charge on any atom is -0.481 e. The molecule has 1 amide bonds. The maximum absolute atomic E-state index is 14.0. The van der Waals surface area contributed by atoms with Crippen molar-refractivity contribution in [2.45, 2.75) is 70.6 Å². The Morgan fingerprint density at radius 1 is 1.04 bits per heavy atom. The molecule has 4 fully saturated rings. The van der Waals surface area contributed by atoms with Crippen molar-refractivity contribution >= 4 is 33.5 Å². The lowest BCUT2D eigenvalue weighted by Gasteiger charge is -2.54. The van der Waals surface area contributed by atoms with E-state index < -0.39 is 24.5 Å². The summed E-state index contributed by atoms with van der Waals surface area (Å²) in [6.07, 6.45) is 1.80. The Hall–Kier alpha value is -4.46. The Morgan fingerprint density at radius 2 is 1.77 bits per heavy atom. The fourth-order valence-electron chi connectivity index (χ4n) is 8.32. The summed E-state index contributed by atoms with van der Waals surface area (Å²) in [5.74, 6) is -0.835. The zero-order valence-electron chi connectivity index (χ0n) is 29.5. The normalized spacial score (nSPS) is 19.7. The number of nitrogens with one attached hydrogen (secondary N) is 1. The number of hydrogen-bond acceptors (Lipinski definition) is 8. The van der Waals surface area contributed by atoms with E-state index in [2.05, 4.69) is 39.6 Å². The fourth-order valence-corrected chi connectivity index (χ4v) is 8.32. The Balaban J connectivity index is 1.26. The molecule has 3 saturated heterocycles. The van der Waals surface area contributed by atoms with Gasteiger partial charge in [-0.1, -0.05) is 19.6 Å². The number of fused-ring (bicyclic) bond motifs is 2. The molecule has 10 nitrogen and oxygen atoms in total. The average Bonchev–Trinajstić information content (AvgIpc) is 3.85. The van der Waals surface area contributed by atoms with Gasteiger partial charge in [0.2, 0.25) is 0 Å². The van der Waals surface area contributed by atoms with E-state index in [9.17, 15) is 22.4 Å². The first-order valence-corrected chi connectivity index (χ1v) is 18.2. The summed E-state index contributed by atoms with van der Waals surface area (Å²) in [4.78, 5) is 28.1. The molecule has 4 aliphatic rings. The quantitative estimate of drug-likeness (QED) is 0.145. The molecule has 0 atom stereocenters. The summed E-state index contributed by atoms with van der Waals surface area (Å²) in [5.41, 5.74) is 4.06. The number of aromatic amines is 1. The molecule has 2 aromatic carbocycles. The summed E-state index contributed by atoms with van der Waals surface area (Å²) in [6, 6.07) is 6.02. The molecule has 3 aliphatic heterocycles. The van der Waals surface area contributed by atoms with Crippen molar-refractivity contribution in [3.63, 3.8) is 0 Å². The lowest BCUT2D eigenvalue weighted by molar-refractivity contribution is -0.153. The highest BCUT2D eigenvalue weighted by Gasteiger charge is 2.47. The van der Waals surface area contributed by atoms with Crippen LogP contribution in [-0.2, 0) is 4.79 Å². The maximum atomic E-state index is 14.0. The number of likely N-dealkylation sites (tertiary alicyclic amines) is 2. The molecule has 1 N–H and O–H groups in total. The van der Waals surface area contributed by atoms with Crippen LogP contribution in [0.25, 0.3) is 32.9 Å². The van der Waals surface area contributed by atoms with E-state index in [0.717, 1.165) is 85.8 Å². The van der Waals surface area contributed by atoms with E-state index in [1.807, 2.05) is 19.1 Å². The Kier molecular flexibility index (Phi) is 8.78. The fraction of sp³-hybridized carbons (Fsp3) is 0.526. The van der Waals surface area contributed by atoms with Crippen LogP contribution in [0.1, 0.15) is 62.5 Å². The smallest absolute Gasteiger partial charge is 0.422 e. The number of carbonyl (C=O) groups is 1. The molecule has 5 heterocycles. The first-order valence-electron chi connectivity index (χ1n) is 18.2. The lowest BCUT2D eigenvalue weighted by atomic mass is 9.72. The van der Waals surface area contributed by atoms with E-state index in [1.54, 1.807) is 6.20 Å². The first kappa shape index (κ1) is 34.6. The third-order valence-electron chi connectivity index (χ3n) is 11.4. The minimum atomic E-state index is -4.59. The largest absolute Gasteiger partial charge is 0.481 e. The van der Waals surface area contributed by atoms with E-state index in [1.165, 1.54) is 4.90 Å². The molecule has 0 bridgehead atoms. The van der Waals surface area contributed by atoms with Gasteiger partial charge in [0.15, 0.2) is 18.2 Å². The van der Waals surface area contributed by atoms with Gasteiger partial charge in [-0.05, 0) is 86.7 Å². The molecule has 0 radical (unpaired) electrons. The summed E-state index contributed by atoms with van der Waals surface area (Å²) in [5, 5.41) is 8.67. The Morgan fingerprint density at radius 3 is 2.42 bits per heavy atom. The number of halogens is 4. The van der Waals surface area contributed by atoms with Crippen molar-refractivity contribution in [3.05, 3.63) is 47.9 Å². The SMILES string of the molecule is C=C(F)C(=O)N1CC2(CCN(c3nc(OC4CCN(CC)CC4)nc4c(OCC(F)(F)F)c(-c5c(C)ccc6[nH]ncc56)c(C5CC5)cc34)CC2)C1. The van der Waals surface area contributed by atoms with Crippen LogP contribution in [0.2, 0.25) is 0 Å². The van der Waals surface area contributed by atoms with Gasteiger partial charge < -0.3 is 24.2 Å². The number of alkyl halides is 3. The van der Waals surface area contributed by atoms with Crippen LogP contribution in [0.5, 0.6) is 11.8 Å². The van der Waals surface area contributed by atoms with Crippen molar-refractivity contribution in [2.75, 3.05) is 57.3 Å². The summed E-state index contributed by atoms with van der Waals surface area (Å²) in [6.45, 7) is 10.5. The van der Waals surface area contributed by atoms with Crippen molar-refractivity contribution in [3.8, 4) is 22.9 Å². The molecular formula is C38H43F4N7O3. The van der Waals surface area contributed by atoms with Gasteiger partial charge in [-0.3, -0.25) is 9.89 Å². The Bertz CT molecular complexity index is 2020. The first-order chi connectivity index (χ1) is 24.9. The standard InChI is InChI=1S/C38H43F4N7O3/c1-4-47-13-9-25(10-14-47)52-36-44-32-27(34(45-36)48-15-11-37(12-16-48)19-49(20-37)35(50)23(3)39)17-26(24-6-7-24)31(33(32)51-21-38(40,41)42)30-22(2)5-8-29-28(30)18-43-46-29/h5,8,17-18,24-25H,3-4,6-7,9-16,19-21H2,1-2H3,(H,43,46). The summed E-state index contributed by atoms with van der Waals surface area (Å²) < 4.78 is 68.0. The number of aromatic nitrogens is 4. The number of ether oxygens (including phenoxy) is 2. The number of hydrogen-bond donors (Lipinski definition) is 1. The van der Waals surface area contributed by atoms with Crippen LogP contribution in [0, 0.1) is 12.3 Å². The highest BCUT2D eigenvalue weighted by Crippen LogP contribution is 2.53. The van der Waals surface area contributed by atoms with Gasteiger partial charge in [0, 0.05) is 61.0 Å². The van der Waals surface area contributed by atoms with Crippen molar-refractivity contribution in [1.29, 1.82) is 0 Å². The zero-order chi connectivity index (χ0) is 36.4. The van der Waals surface area contributed by atoms with Gasteiger partial charge in [-0.25, -0.2) is 4.39 Å². The van der Waals surface area contributed by atoms with Crippen LogP contribution in [0.15, 0.2) is 36.8 Å². The summed E-state index contributed by atoms with van der Waals surface area (Å²) in [7, 11) is 0. The number of piperidine rings is 2. The topological polar surface area (TPSA) is 99.7 Å². The second-order valence-corrected chi connectivity index (χ2v) is 15.0. The molecule has 8 rings (SSSR count). The zero-order valence-corrected chi connectivity index (χ0v) is 29.5. The Labute approximate surface area is 299 Å². The molecule has 1 saturated carbocycles. The monoisotopic (exact) mass is 721 g/mol. The van der Waals surface area contributed by atoms with Crippen molar-refractivity contribution in [2.24, 2.45) is 5.41 Å². The van der Waals surface area contributed by atoms with E-state index in [4.69, 9.17) is 19.4 Å². The number of aryl methyl sites for hydroxylation is 1. The number of amides is 1. The molecule has 52 heavy (non-hydrogen) atoms. The lowest BCUT2D eigenvalue weighted by Crippen LogP contribution is -2.62. The summed E-state index contributed by atoms with van der Waals surface area (Å²) >= 11 is 0. The number of anilines is 1. The molecule has 4 aromatic rings. The molecular weight excluding hydrogens is 678 g/mol. The van der Waals surface area contributed by atoms with E-state index in [0.29, 0.717) is 42.9 Å². The molecule has 1 aliphatic carbocycles. The van der Waals surface area contributed by atoms with Crippen molar-refractivity contribution in [1.82, 2.24) is 30.0 Å². The number of nitrogens with zero attached hydrogens (tertiary/aromatic N) is 6. The number of carbonyl (C=O) groups excluding carboxylic acids is 1. The van der Waals surface area contributed by atoms with Gasteiger partial charge in [0.25, 0.3) is 5.91 Å². The number of benzene rings is 2. The predicted octanol–water partition coefficient (Wildman–Crippen LogP) is 7.08. The third kappa shape index (κ3) is 6.54. The van der Waals surface area contributed by atoms with Crippen molar-refractivity contribution < 1.29 is 31.8 Å². The third-order valence-corrected chi connectivity index (χ3v) is 11.4. The van der Waals surface area contributed by atoms with Gasteiger partial charge in [0.05, 0.1) is 11.7 Å². The second kappa shape index (κ2) is 13.2. The highest BCUT2D eigenvalue weighted by atomic mass is 19.4. The van der Waals surface area contributed by atoms with E-state index >= 15 is 0 Å². The average molecular weight is 722 g/mol. The van der Waals surface area contributed by atoms with Crippen LogP contribution in [-0.4, -0.2) is 101 Å². The van der Waals surface area contributed by atoms with Gasteiger partial charge in [0.1, 0.15) is 17.4 Å². The van der Waals surface area contributed by atoms with Crippen LogP contribution < -0.4 is 14.4 Å². The maximum Gasteiger partial charge on any atom is 0.422 e. The number of H-pyrrole nitrogens is 1. The van der Waals surface area contributed by atoms with Crippen LogP contribution in [0.4, 0.5) is 23.4 Å². The predicted molar refractivity (Wildman–Crippen MR) is 189 cm³/mol.